The van der Waals surface area contributed by atoms with Crippen LogP contribution in [0.2, 0.25) is 0 Å². The third-order valence-electron chi connectivity index (χ3n) is 3.15. The molecule has 0 aliphatic carbocycles. The maximum absolute atomic E-state index is 11.0. The van der Waals surface area contributed by atoms with Crippen molar-refractivity contribution in [1.82, 2.24) is 0 Å². The number of benzene rings is 2. The van der Waals surface area contributed by atoms with E-state index in [0.717, 1.165) is 22.4 Å². The third kappa shape index (κ3) is 3.02. The van der Waals surface area contributed by atoms with Crippen LogP contribution in [0.1, 0.15) is 22.8 Å². The first kappa shape index (κ1) is 14.6. The van der Waals surface area contributed by atoms with Gasteiger partial charge in [-0.1, -0.05) is 17.7 Å². The van der Waals surface area contributed by atoms with Crippen molar-refractivity contribution in [2.45, 2.75) is 13.8 Å². The molecule has 20 heavy (non-hydrogen) atoms. The minimum absolute atomic E-state index is 0.278. The van der Waals surface area contributed by atoms with E-state index in [1.807, 2.05) is 6.07 Å². The first-order valence-electron chi connectivity index (χ1n) is 6.40. The molecule has 0 fully saturated rings. The summed E-state index contributed by atoms with van der Waals surface area (Å²) in [6, 6.07) is 13.4. The number of aryl methyl sites for hydroxylation is 1. The van der Waals surface area contributed by atoms with Gasteiger partial charge in [0.2, 0.25) is 0 Å². The normalized spacial score (nSPS) is 10.3. The molecule has 2 aromatic carbocycles. The second-order valence-electron chi connectivity index (χ2n) is 4.55. The molecule has 2 aromatic rings. The lowest BCUT2D eigenvalue weighted by Gasteiger charge is -2.25. The van der Waals surface area contributed by atoms with Crippen molar-refractivity contribution in [3.8, 4) is 0 Å². The predicted molar refractivity (Wildman–Crippen MR) is 85.0 cm³/mol. The molecule has 0 aromatic heterocycles. The van der Waals surface area contributed by atoms with Crippen LogP contribution in [-0.2, 0) is 0 Å². The van der Waals surface area contributed by atoms with Crippen LogP contribution in [0.4, 0.5) is 11.4 Å². The summed E-state index contributed by atoms with van der Waals surface area (Å²) in [4.78, 5) is 13.1. The molecule has 4 heteroatoms. The molecular weight excluding hydrogens is 318 g/mol. The van der Waals surface area contributed by atoms with E-state index in [1.54, 1.807) is 12.1 Å². The molecule has 0 heterocycles. The van der Waals surface area contributed by atoms with Gasteiger partial charge < -0.3 is 10.0 Å². The van der Waals surface area contributed by atoms with Gasteiger partial charge in [0.1, 0.15) is 0 Å². The summed E-state index contributed by atoms with van der Waals surface area (Å²) in [5, 5.41) is 9.01. The number of hydrogen-bond donors (Lipinski definition) is 1. The lowest BCUT2D eigenvalue weighted by molar-refractivity contribution is 0.0697. The number of carboxylic acid groups (broad SMARTS) is 1. The second kappa shape index (κ2) is 6.09. The van der Waals surface area contributed by atoms with Gasteiger partial charge in [0.25, 0.3) is 0 Å². The summed E-state index contributed by atoms with van der Waals surface area (Å²) in [6.07, 6.45) is 0. The summed E-state index contributed by atoms with van der Waals surface area (Å²) in [7, 11) is 0. The highest BCUT2D eigenvalue weighted by Gasteiger charge is 2.13. The SMILES string of the molecule is CCN(c1ccc(C)cc1)c1ccc(C(=O)O)cc1Br. The fourth-order valence-electron chi connectivity index (χ4n) is 2.08. The molecule has 0 saturated heterocycles. The number of carboxylic acids is 1. The molecule has 0 amide bonds. The van der Waals surface area contributed by atoms with Gasteiger partial charge in [0.05, 0.1) is 11.3 Å². The fourth-order valence-corrected chi connectivity index (χ4v) is 2.67. The standard InChI is InChI=1S/C16H16BrNO2/c1-3-18(13-7-4-11(2)5-8-13)15-9-6-12(16(19)20)10-14(15)17/h4-10H,3H2,1-2H3,(H,19,20). The Labute approximate surface area is 127 Å². The molecule has 0 radical (unpaired) electrons. The summed E-state index contributed by atoms with van der Waals surface area (Å²) in [5.74, 6) is -0.921. The molecule has 0 aliphatic rings. The summed E-state index contributed by atoms with van der Waals surface area (Å²) < 4.78 is 0.778. The van der Waals surface area contributed by atoms with Gasteiger partial charge in [0, 0.05) is 16.7 Å². The van der Waals surface area contributed by atoms with E-state index in [0.29, 0.717) is 0 Å². The molecule has 0 aliphatic heterocycles. The van der Waals surface area contributed by atoms with Crippen LogP contribution < -0.4 is 4.90 Å². The molecule has 0 unspecified atom stereocenters. The van der Waals surface area contributed by atoms with Crippen LogP contribution in [-0.4, -0.2) is 17.6 Å². The van der Waals surface area contributed by atoms with Crippen molar-refractivity contribution in [2.24, 2.45) is 0 Å². The Morgan fingerprint density at radius 3 is 2.35 bits per heavy atom. The van der Waals surface area contributed by atoms with Crippen LogP contribution in [0.25, 0.3) is 0 Å². The topological polar surface area (TPSA) is 40.5 Å². The minimum atomic E-state index is -0.921. The molecule has 0 bridgehead atoms. The molecule has 0 spiro atoms. The van der Waals surface area contributed by atoms with Gasteiger partial charge >= 0.3 is 5.97 Å². The number of rotatable bonds is 4. The Kier molecular flexibility index (Phi) is 4.45. The molecule has 104 valence electrons. The second-order valence-corrected chi connectivity index (χ2v) is 5.41. The smallest absolute Gasteiger partial charge is 0.335 e. The van der Waals surface area contributed by atoms with Crippen molar-refractivity contribution >= 4 is 33.3 Å². The molecule has 0 saturated carbocycles. The first-order chi connectivity index (χ1) is 9.52. The minimum Gasteiger partial charge on any atom is -0.478 e. The maximum atomic E-state index is 11.0. The van der Waals surface area contributed by atoms with Crippen LogP contribution in [0.5, 0.6) is 0 Å². The van der Waals surface area contributed by atoms with E-state index >= 15 is 0 Å². The van der Waals surface area contributed by atoms with Gasteiger partial charge in [0.15, 0.2) is 0 Å². The highest BCUT2D eigenvalue weighted by atomic mass is 79.9. The van der Waals surface area contributed by atoms with Crippen LogP contribution >= 0.6 is 15.9 Å². The van der Waals surface area contributed by atoms with Crippen LogP contribution in [0.15, 0.2) is 46.9 Å². The van der Waals surface area contributed by atoms with Crippen molar-refractivity contribution in [2.75, 3.05) is 11.4 Å². The van der Waals surface area contributed by atoms with Crippen LogP contribution in [0, 0.1) is 6.92 Å². The monoisotopic (exact) mass is 333 g/mol. The average Bonchev–Trinajstić information content (AvgIpc) is 2.43. The van der Waals surface area contributed by atoms with Crippen molar-refractivity contribution in [1.29, 1.82) is 0 Å². The number of hydrogen-bond acceptors (Lipinski definition) is 2. The number of anilines is 2. The quantitative estimate of drug-likeness (QED) is 0.887. The summed E-state index contributed by atoms with van der Waals surface area (Å²) >= 11 is 3.46. The predicted octanol–water partition coefficient (Wildman–Crippen LogP) is 4.61. The molecule has 0 atom stereocenters. The number of aromatic carboxylic acids is 1. The highest BCUT2D eigenvalue weighted by molar-refractivity contribution is 9.10. The lowest BCUT2D eigenvalue weighted by atomic mass is 10.1. The Morgan fingerprint density at radius 1 is 1.20 bits per heavy atom. The summed E-state index contributed by atoms with van der Waals surface area (Å²) in [6.45, 7) is 4.92. The Morgan fingerprint density at radius 2 is 1.85 bits per heavy atom. The van der Waals surface area contributed by atoms with Crippen molar-refractivity contribution in [3.63, 3.8) is 0 Å². The van der Waals surface area contributed by atoms with E-state index in [-0.39, 0.29) is 5.56 Å². The largest absolute Gasteiger partial charge is 0.478 e. The fraction of sp³-hybridized carbons (Fsp3) is 0.188. The molecular formula is C16H16BrNO2. The summed E-state index contributed by atoms with van der Waals surface area (Å²) in [5.41, 5.74) is 3.54. The van der Waals surface area contributed by atoms with E-state index in [2.05, 4.69) is 58.9 Å². The maximum Gasteiger partial charge on any atom is 0.335 e. The van der Waals surface area contributed by atoms with E-state index < -0.39 is 5.97 Å². The van der Waals surface area contributed by atoms with Gasteiger partial charge in [-0.25, -0.2) is 4.79 Å². The molecule has 3 nitrogen and oxygen atoms in total. The van der Waals surface area contributed by atoms with Gasteiger partial charge in [-0.05, 0) is 60.1 Å². The van der Waals surface area contributed by atoms with Gasteiger partial charge in [-0.15, -0.1) is 0 Å². The Bertz CT molecular complexity index is 623. The van der Waals surface area contributed by atoms with Crippen LogP contribution in [0.3, 0.4) is 0 Å². The zero-order chi connectivity index (χ0) is 14.7. The number of carbonyl (C=O) groups is 1. The van der Waals surface area contributed by atoms with E-state index in [9.17, 15) is 4.79 Å². The Balaban J connectivity index is 2.41. The molecule has 2 rings (SSSR count). The molecule has 1 N–H and O–H groups in total. The highest BCUT2D eigenvalue weighted by Crippen LogP contribution is 2.32. The van der Waals surface area contributed by atoms with E-state index in [1.165, 1.54) is 5.56 Å². The van der Waals surface area contributed by atoms with Gasteiger partial charge in [-0.3, -0.25) is 0 Å². The average molecular weight is 334 g/mol. The van der Waals surface area contributed by atoms with E-state index in [4.69, 9.17) is 5.11 Å². The lowest BCUT2D eigenvalue weighted by Crippen LogP contribution is -2.16. The zero-order valence-corrected chi connectivity index (χ0v) is 13.0. The Hall–Kier alpha value is -1.81. The third-order valence-corrected chi connectivity index (χ3v) is 3.78. The van der Waals surface area contributed by atoms with Crippen molar-refractivity contribution in [3.05, 3.63) is 58.1 Å². The zero-order valence-electron chi connectivity index (χ0n) is 11.4. The number of nitrogens with zero attached hydrogens (tertiary/aromatic N) is 1. The van der Waals surface area contributed by atoms with Crippen molar-refractivity contribution < 1.29 is 9.90 Å². The van der Waals surface area contributed by atoms with Gasteiger partial charge in [-0.2, -0.15) is 0 Å². The number of halogens is 1. The first-order valence-corrected chi connectivity index (χ1v) is 7.19.